The summed E-state index contributed by atoms with van der Waals surface area (Å²) in [5.41, 5.74) is 1.10. The van der Waals surface area contributed by atoms with Crippen molar-refractivity contribution in [2.24, 2.45) is 0 Å². The highest BCUT2D eigenvalue weighted by molar-refractivity contribution is 14.1. The molecule has 0 saturated carbocycles. The van der Waals surface area contributed by atoms with Gasteiger partial charge in [-0.15, -0.1) is 0 Å². The molecular formula is C15H18IN3O. The predicted molar refractivity (Wildman–Crippen MR) is 89.3 cm³/mol. The second kappa shape index (κ2) is 7.42. The van der Waals surface area contributed by atoms with Gasteiger partial charge in [-0.05, 0) is 35.1 Å². The number of aromatic nitrogens is 2. The lowest BCUT2D eigenvalue weighted by Crippen LogP contribution is -2.07. The second-order valence-corrected chi connectivity index (χ2v) is 5.56. The first-order chi connectivity index (χ1) is 9.74. The number of halogens is 1. The molecule has 4 nitrogen and oxygen atoms in total. The van der Waals surface area contributed by atoms with E-state index in [1.165, 1.54) is 0 Å². The van der Waals surface area contributed by atoms with E-state index in [0.717, 1.165) is 39.5 Å². The first-order valence-electron chi connectivity index (χ1n) is 6.61. The average Bonchev–Trinajstić information content (AvgIpc) is 2.48. The van der Waals surface area contributed by atoms with Crippen LogP contribution in [0.1, 0.15) is 24.7 Å². The SMILES string of the molecule is CCCNc1nc(Cc2ccccc2OC)ncc1I. The summed E-state index contributed by atoms with van der Waals surface area (Å²) in [5, 5.41) is 3.33. The van der Waals surface area contributed by atoms with Crippen molar-refractivity contribution < 1.29 is 4.74 Å². The first kappa shape index (κ1) is 15.0. The number of nitrogens with zero attached hydrogens (tertiary/aromatic N) is 2. The molecule has 1 N–H and O–H groups in total. The molecule has 0 aliphatic heterocycles. The van der Waals surface area contributed by atoms with Crippen LogP contribution in [0.4, 0.5) is 5.82 Å². The molecule has 2 rings (SSSR count). The van der Waals surface area contributed by atoms with Crippen molar-refractivity contribution in [3.05, 3.63) is 45.4 Å². The van der Waals surface area contributed by atoms with Gasteiger partial charge in [0.05, 0.1) is 10.7 Å². The normalized spacial score (nSPS) is 10.3. The molecule has 0 bridgehead atoms. The third-order valence-electron chi connectivity index (χ3n) is 2.88. The first-order valence-corrected chi connectivity index (χ1v) is 7.69. The maximum Gasteiger partial charge on any atom is 0.143 e. The van der Waals surface area contributed by atoms with Crippen molar-refractivity contribution in [2.45, 2.75) is 19.8 Å². The number of anilines is 1. The lowest BCUT2D eigenvalue weighted by atomic mass is 10.1. The fraction of sp³-hybridized carbons (Fsp3) is 0.333. The number of ether oxygens (including phenoxy) is 1. The Bertz CT molecular complexity index is 575. The molecule has 5 heteroatoms. The molecule has 0 unspecified atom stereocenters. The maximum atomic E-state index is 5.36. The average molecular weight is 383 g/mol. The zero-order valence-electron chi connectivity index (χ0n) is 11.7. The Hall–Kier alpha value is -1.37. The molecule has 0 aliphatic carbocycles. The zero-order chi connectivity index (χ0) is 14.4. The summed E-state index contributed by atoms with van der Waals surface area (Å²) >= 11 is 2.25. The van der Waals surface area contributed by atoms with Gasteiger partial charge in [0.1, 0.15) is 17.4 Å². The van der Waals surface area contributed by atoms with E-state index in [2.05, 4.69) is 44.8 Å². The van der Waals surface area contributed by atoms with E-state index in [-0.39, 0.29) is 0 Å². The molecule has 1 heterocycles. The number of benzene rings is 1. The van der Waals surface area contributed by atoms with Crippen molar-refractivity contribution in [1.29, 1.82) is 0 Å². The van der Waals surface area contributed by atoms with Gasteiger partial charge >= 0.3 is 0 Å². The van der Waals surface area contributed by atoms with Crippen LogP contribution in [0, 0.1) is 3.57 Å². The molecule has 0 saturated heterocycles. The smallest absolute Gasteiger partial charge is 0.143 e. The van der Waals surface area contributed by atoms with Gasteiger partial charge in [-0.2, -0.15) is 0 Å². The molecule has 1 aromatic heterocycles. The number of nitrogens with one attached hydrogen (secondary N) is 1. The molecule has 0 radical (unpaired) electrons. The molecule has 1 aromatic carbocycles. The quantitative estimate of drug-likeness (QED) is 0.776. The van der Waals surface area contributed by atoms with E-state index >= 15 is 0 Å². The van der Waals surface area contributed by atoms with Crippen LogP contribution in [0.2, 0.25) is 0 Å². The van der Waals surface area contributed by atoms with Crippen LogP contribution in [0.5, 0.6) is 5.75 Å². The van der Waals surface area contributed by atoms with Gasteiger partial charge in [-0.25, -0.2) is 9.97 Å². The van der Waals surface area contributed by atoms with Crippen LogP contribution < -0.4 is 10.1 Å². The summed E-state index contributed by atoms with van der Waals surface area (Å²) in [5.74, 6) is 2.58. The highest BCUT2D eigenvalue weighted by Crippen LogP contribution is 2.21. The Kier molecular flexibility index (Phi) is 5.58. The Morgan fingerprint density at radius 3 is 2.85 bits per heavy atom. The number of para-hydroxylation sites is 1. The molecule has 0 atom stereocenters. The molecule has 0 aliphatic rings. The Morgan fingerprint density at radius 2 is 2.10 bits per heavy atom. The van der Waals surface area contributed by atoms with E-state index in [9.17, 15) is 0 Å². The fourth-order valence-corrected chi connectivity index (χ4v) is 2.33. The van der Waals surface area contributed by atoms with Gasteiger partial charge in [0.15, 0.2) is 0 Å². The molecule has 0 amide bonds. The maximum absolute atomic E-state index is 5.36. The Balaban J connectivity index is 2.20. The van der Waals surface area contributed by atoms with Gasteiger partial charge in [0, 0.05) is 24.7 Å². The fourth-order valence-electron chi connectivity index (χ4n) is 1.88. The van der Waals surface area contributed by atoms with Crippen LogP contribution in [0.15, 0.2) is 30.5 Å². The lowest BCUT2D eigenvalue weighted by molar-refractivity contribution is 0.410. The monoisotopic (exact) mass is 383 g/mol. The minimum Gasteiger partial charge on any atom is -0.496 e. The van der Waals surface area contributed by atoms with Crippen LogP contribution in [0.25, 0.3) is 0 Å². The van der Waals surface area contributed by atoms with Crippen molar-refractivity contribution >= 4 is 28.4 Å². The molecule has 0 spiro atoms. The van der Waals surface area contributed by atoms with Crippen LogP contribution >= 0.6 is 22.6 Å². The number of hydrogen-bond acceptors (Lipinski definition) is 4. The Labute approximate surface area is 133 Å². The van der Waals surface area contributed by atoms with Gasteiger partial charge in [0.25, 0.3) is 0 Å². The lowest BCUT2D eigenvalue weighted by Gasteiger charge is -2.10. The van der Waals surface area contributed by atoms with Crippen molar-refractivity contribution in [1.82, 2.24) is 9.97 Å². The Morgan fingerprint density at radius 1 is 1.30 bits per heavy atom. The third kappa shape index (κ3) is 3.82. The summed E-state index contributed by atoms with van der Waals surface area (Å²) in [7, 11) is 1.68. The minimum atomic E-state index is 0.668. The van der Waals surface area contributed by atoms with Gasteiger partial charge in [-0.3, -0.25) is 0 Å². The summed E-state index contributed by atoms with van der Waals surface area (Å²) in [6.45, 7) is 3.05. The molecule has 0 fully saturated rings. The van der Waals surface area contributed by atoms with Crippen LogP contribution in [-0.4, -0.2) is 23.6 Å². The highest BCUT2D eigenvalue weighted by Gasteiger charge is 2.08. The molecule has 20 heavy (non-hydrogen) atoms. The number of hydrogen-bond donors (Lipinski definition) is 1. The third-order valence-corrected chi connectivity index (χ3v) is 3.67. The highest BCUT2D eigenvalue weighted by atomic mass is 127. The van der Waals surface area contributed by atoms with Crippen molar-refractivity contribution in [3.8, 4) is 5.75 Å². The van der Waals surface area contributed by atoms with E-state index in [0.29, 0.717) is 6.42 Å². The van der Waals surface area contributed by atoms with Crippen LogP contribution in [0.3, 0.4) is 0 Å². The zero-order valence-corrected chi connectivity index (χ0v) is 13.8. The standard InChI is InChI=1S/C15H18IN3O/c1-3-8-17-15-12(16)10-18-14(19-15)9-11-6-4-5-7-13(11)20-2/h4-7,10H,3,8-9H2,1-2H3,(H,17,18,19). The van der Waals surface area contributed by atoms with E-state index in [4.69, 9.17) is 4.74 Å². The van der Waals surface area contributed by atoms with Crippen molar-refractivity contribution in [2.75, 3.05) is 19.0 Å². The van der Waals surface area contributed by atoms with Crippen LogP contribution in [-0.2, 0) is 6.42 Å². The largest absolute Gasteiger partial charge is 0.496 e. The molecular weight excluding hydrogens is 365 g/mol. The van der Waals surface area contributed by atoms with Crippen molar-refractivity contribution in [3.63, 3.8) is 0 Å². The van der Waals surface area contributed by atoms with Gasteiger partial charge in [-0.1, -0.05) is 25.1 Å². The van der Waals surface area contributed by atoms with E-state index in [1.54, 1.807) is 7.11 Å². The van der Waals surface area contributed by atoms with Gasteiger partial charge in [0.2, 0.25) is 0 Å². The van der Waals surface area contributed by atoms with E-state index in [1.807, 2.05) is 30.5 Å². The molecule has 2 aromatic rings. The summed E-state index contributed by atoms with van der Waals surface area (Å²) in [4.78, 5) is 9.00. The predicted octanol–water partition coefficient (Wildman–Crippen LogP) is 3.50. The molecule has 106 valence electrons. The summed E-state index contributed by atoms with van der Waals surface area (Å²) in [6.07, 6.45) is 3.60. The second-order valence-electron chi connectivity index (χ2n) is 4.40. The minimum absolute atomic E-state index is 0.668. The number of methoxy groups -OCH3 is 1. The summed E-state index contributed by atoms with van der Waals surface area (Å²) in [6, 6.07) is 7.96. The van der Waals surface area contributed by atoms with E-state index < -0.39 is 0 Å². The van der Waals surface area contributed by atoms with Gasteiger partial charge < -0.3 is 10.1 Å². The topological polar surface area (TPSA) is 47.0 Å². The summed E-state index contributed by atoms with van der Waals surface area (Å²) < 4.78 is 6.41. The number of rotatable bonds is 6.